The Labute approximate surface area is 177 Å². The Hall–Kier alpha value is -2.51. The first-order valence-corrected chi connectivity index (χ1v) is 12.1. The van der Waals surface area contributed by atoms with Crippen LogP contribution in [0.15, 0.2) is 47.4 Å². The summed E-state index contributed by atoms with van der Waals surface area (Å²) in [5, 5.41) is 10.9. The summed E-state index contributed by atoms with van der Waals surface area (Å²) in [7, 11) is -3.48. The van der Waals surface area contributed by atoms with Gasteiger partial charge in [0.05, 0.1) is 10.6 Å². The molecule has 1 aromatic heterocycles. The van der Waals surface area contributed by atoms with Crippen molar-refractivity contribution in [1.29, 1.82) is 0 Å². The van der Waals surface area contributed by atoms with Gasteiger partial charge in [0.15, 0.2) is 5.82 Å². The molecule has 1 aliphatic carbocycles. The summed E-state index contributed by atoms with van der Waals surface area (Å²) >= 11 is 0. The molecule has 0 N–H and O–H groups in total. The summed E-state index contributed by atoms with van der Waals surface area (Å²) in [5.41, 5.74) is 3.40. The maximum absolute atomic E-state index is 13.3. The van der Waals surface area contributed by atoms with Crippen molar-refractivity contribution in [2.24, 2.45) is 0 Å². The first-order chi connectivity index (χ1) is 14.5. The van der Waals surface area contributed by atoms with E-state index in [1.165, 1.54) is 17.5 Å². The van der Waals surface area contributed by atoms with E-state index < -0.39 is 10.0 Å². The highest BCUT2D eigenvalue weighted by molar-refractivity contribution is 7.89. The highest BCUT2D eigenvalue weighted by Gasteiger charge is 2.30. The van der Waals surface area contributed by atoms with Gasteiger partial charge in [-0.15, -0.1) is 5.10 Å². The molecule has 0 unspecified atom stereocenters. The first-order valence-electron chi connectivity index (χ1n) is 10.6. The predicted molar refractivity (Wildman–Crippen MR) is 118 cm³/mol. The number of nitrogens with zero attached hydrogens (tertiary/aromatic N) is 4. The van der Waals surface area contributed by atoms with Crippen LogP contribution < -0.4 is 4.90 Å². The Balaban J connectivity index is 1.37. The molecule has 2 heterocycles. The van der Waals surface area contributed by atoms with Gasteiger partial charge < -0.3 is 4.90 Å². The van der Waals surface area contributed by atoms with E-state index in [2.05, 4.69) is 27.2 Å². The average molecular weight is 423 g/mol. The summed E-state index contributed by atoms with van der Waals surface area (Å²) in [5.74, 6) is 0.835. The summed E-state index contributed by atoms with van der Waals surface area (Å²) < 4.78 is 28.1. The second-order valence-corrected chi connectivity index (χ2v) is 10.1. The maximum Gasteiger partial charge on any atom is 0.243 e. The van der Waals surface area contributed by atoms with Crippen LogP contribution in [0, 0.1) is 6.92 Å². The lowest BCUT2D eigenvalue weighted by Crippen LogP contribution is -2.49. The molecule has 30 heavy (non-hydrogen) atoms. The lowest BCUT2D eigenvalue weighted by molar-refractivity contribution is 0.383. The molecular formula is C23H26N4O2S. The fraction of sp³-hybridized carbons (Fsp3) is 0.391. The van der Waals surface area contributed by atoms with E-state index >= 15 is 0 Å². The van der Waals surface area contributed by atoms with E-state index in [0.29, 0.717) is 31.1 Å². The molecule has 1 aliphatic heterocycles. The molecular weight excluding hydrogens is 396 g/mol. The van der Waals surface area contributed by atoms with Crippen molar-refractivity contribution in [3.63, 3.8) is 0 Å². The molecule has 2 aliphatic rings. The molecule has 0 bridgehead atoms. The molecule has 0 amide bonds. The summed E-state index contributed by atoms with van der Waals surface area (Å²) in [4.78, 5) is 2.57. The Morgan fingerprint density at radius 3 is 2.30 bits per heavy atom. The van der Waals surface area contributed by atoms with Crippen LogP contribution in [0.1, 0.15) is 29.7 Å². The van der Waals surface area contributed by atoms with Crippen LogP contribution in [0.3, 0.4) is 0 Å². The van der Waals surface area contributed by atoms with Gasteiger partial charge in [-0.1, -0.05) is 30.3 Å². The highest BCUT2D eigenvalue weighted by atomic mass is 32.2. The van der Waals surface area contributed by atoms with Crippen LogP contribution in [0.5, 0.6) is 0 Å². The van der Waals surface area contributed by atoms with Crippen LogP contribution in [-0.4, -0.2) is 49.1 Å². The summed E-state index contributed by atoms with van der Waals surface area (Å²) in [6, 6.07) is 13.8. The van der Waals surface area contributed by atoms with E-state index in [-0.39, 0.29) is 0 Å². The number of aryl methyl sites for hydroxylation is 3. The third-order valence-electron chi connectivity index (χ3n) is 6.35. The number of hydrogen-bond donors (Lipinski definition) is 0. The molecule has 0 spiro atoms. The first kappa shape index (κ1) is 19.5. The van der Waals surface area contributed by atoms with Crippen LogP contribution in [0.25, 0.3) is 10.8 Å². The molecule has 3 aromatic rings. The third kappa shape index (κ3) is 3.36. The maximum atomic E-state index is 13.3. The topological polar surface area (TPSA) is 66.4 Å². The van der Waals surface area contributed by atoms with Gasteiger partial charge in [-0.25, -0.2) is 8.42 Å². The molecule has 5 rings (SSSR count). The number of hydrogen-bond acceptors (Lipinski definition) is 5. The zero-order valence-electron chi connectivity index (χ0n) is 17.2. The Bertz CT molecular complexity index is 1200. The van der Waals surface area contributed by atoms with Gasteiger partial charge in [-0.05, 0) is 55.9 Å². The van der Waals surface area contributed by atoms with E-state index in [0.717, 1.165) is 41.5 Å². The number of sulfonamides is 1. The van der Waals surface area contributed by atoms with Gasteiger partial charge in [-0.2, -0.15) is 9.40 Å². The number of piperazine rings is 1. The fourth-order valence-electron chi connectivity index (χ4n) is 4.62. The van der Waals surface area contributed by atoms with Crippen LogP contribution >= 0.6 is 0 Å². The van der Waals surface area contributed by atoms with Gasteiger partial charge in [0.2, 0.25) is 10.0 Å². The number of anilines is 1. The lowest BCUT2D eigenvalue weighted by Gasteiger charge is -2.35. The van der Waals surface area contributed by atoms with E-state index in [4.69, 9.17) is 0 Å². The minimum absolute atomic E-state index is 0.428. The molecule has 0 radical (unpaired) electrons. The average Bonchev–Trinajstić information content (AvgIpc) is 2.79. The van der Waals surface area contributed by atoms with Crippen molar-refractivity contribution in [3.05, 3.63) is 59.3 Å². The molecule has 6 nitrogen and oxygen atoms in total. The smallest absolute Gasteiger partial charge is 0.243 e. The predicted octanol–water partition coefficient (Wildman–Crippen LogP) is 3.33. The van der Waals surface area contributed by atoms with E-state index in [9.17, 15) is 8.42 Å². The van der Waals surface area contributed by atoms with Crippen molar-refractivity contribution in [2.75, 3.05) is 31.1 Å². The molecule has 2 aromatic carbocycles. The van der Waals surface area contributed by atoms with Gasteiger partial charge in [0, 0.05) is 37.0 Å². The minimum Gasteiger partial charge on any atom is -0.352 e. The van der Waals surface area contributed by atoms with Crippen molar-refractivity contribution in [2.45, 2.75) is 37.5 Å². The number of aromatic nitrogens is 2. The Morgan fingerprint density at radius 2 is 1.53 bits per heavy atom. The second-order valence-electron chi connectivity index (χ2n) is 8.18. The Morgan fingerprint density at radius 1 is 0.833 bits per heavy atom. The van der Waals surface area contributed by atoms with Gasteiger partial charge >= 0.3 is 0 Å². The largest absolute Gasteiger partial charge is 0.352 e. The number of benzene rings is 2. The van der Waals surface area contributed by atoms with Crippen LogP contribution in [-0.2, 0) is 22.9 Å². The fourth-order valence-corrected chi connectivity index (χ4v) is 6.09. The van der Waals surface area contributed by atoms with Crippen molar-refractivity contribution in [3.8, 4) is 0 Å². The minimum atomic E-state index is -3.48. The third-order valence-corrected chi connectivity index (χ3v) is 8.24. The molecule has 0 saturated carbocycles. The zero-order valence-corrected chi connectivity index (χ0v) is 18.0. The summed E-state index contributed by atoms with van der Waals surface area (Å²) in [6.07, 6.45) is 4.36. The second kappa shape index (κ2) is 7.63. The molecule has 156 valence electrons. The molecule has 0 atom stereocenters. The van der Waals surface area contributed by atoms with Crippen LogP contribution in [0.2, 0.25) is 0 Å². The Kier molecular flexibility index (Phi) is 4.95. The monoisotopic (exact) mass is 422 g/mol. The highest BCUT2D eigenvalue weighted by Crippen LogP contribution is 2.29. The number of rotatable bonds is 3. The molecule has 1 saturated heterocycles. The molecule has 7 heteroatoms. The molecule has 1 fully saturated rings. The van der Waals surface area contributed by atoms with E-state index in [1.807, 2.05) is 31.2 Å². The van der Waals surface area contributed by atoms with Gasteiger partial charge in [0.1, 0.15) is 0 Å². The van der Waals surface area contributed by atoms with Gasteiger partial charge in [0.25, 0.3) is 0 Å². The SMILES string of the molecule is Cc1nnc(N2CCN(S(=O)(=O)c3ccc4c(c3)CCCC4)CC2)c2ccccc12. The van der Waals surface area contributed by atoms with E-state index in [1.54, 1.807) is 10.4 Å². The summed E-state index contributed by atoms with van der Waals surface area (Å²) in [6.45, 7) is 4.06. The number of fused-ring (bicyclic) bond motifs is 2. The zero-order chi connectivity index (χ0) is 20.7. The standard InChI is InChI=1S/C23H26N4O2S/c1-17-21-8-4-5-9-22(21)23(25-24-17)26-12-14-27(15-13-26)30(28,29)20-11-10-18-6-2-3-7-19(18)16-20/h4-5,8-11,16H,2-3,6-7,12-15H2,1H3. The van der Waals surface area contributed by atoms with Crippen molar-refractivity contribution in [1.82, 2.24) is 14.5 Å². The van der Waals surface area contributed by atoms with Crippen molar-refractivity contribution >= 4 is 26.6 Å². The van der Waals surface area contributed by atoms with Crippen LogP contribution in [0.4, 0.5) is 5.82 Å². The quantitative estimate of drug-likeness (QED) is 0.648. The van der Waals surface area contributed by atoms with Gasteiger partial charge in [-0.3, -0.25) is 0 Å². The van der Waals surface area contributed by atoms with Crippen molar-refractivity contribution < 1.29 is 8.42 Å². The lowest BCUT2D eigenvalue weighted by atomic mass is 9.92. The normalized spacial score (nSPS) is 17.8.